The number of nitro groups is 1. The van der Waals surface area contributed by atoms with Crippen LogP contribution in [0.15, 0.2) is 58.3 Å². The van der Waals surface area contributed by atoms with Gasteiger partial charge in [-0.3, -0.25) is 14.8 Å². The summed E-state index contributed by atoms with van der Waals surface area (Å²) in [5.74, 6) is 0. The van der Waals surface area contributed by atoms with Crippen molar-refractivity contribution in [2.24, 2.45) is 0 Å². The van der Waals surface area contributed by atoms with E-state index in [1.54, 1.807) is 0 Å². The molecule has 0 unspecified atom stereocenters. The maximum Gasteiger partial charge on any atom is 0.269 e. The van der Waals surface area contributed by atoms with Crippen LogP contribution in [0, 0.1) is 10.1 Å². The number of nitro benzene ring substituents is 1. The van der Waals surface area contributed by atoms with E-state index in [1.165, 1.54) is 24.3 Å². The Bertz CT molecular complexity index is 933. The molecule has 0 heterocycles. The van der Waals surface area contributed by atoms with Crippen LogP contribution in [0.2, 0.25) is 0 Å². The predicted octanol–water partition coefficient (Wildman–Crippen LogP) is 1.80. The molecule has 0 aromatic heterocycles. The summed E-state index contributed by atoms with van der Waals surface area (Å²) in [6, 6.07) is 9.60. The Balaban J connectivity index is 2.26. The lowest BCUT2D eigenvalue weighted by Gasteiger charge is -2.08. The Morgan fingerprint density at radius 1 is 0.870 bits per heavy atom. The van der Waals surface area contributed by atoms with Crippen LogP contribution in [0.5, 0.6) is 0 Å². The molecule has 0 aliphatic carbocycles. The number of nitrogens with zero attached hydrogens (tertiary/aromatic N) is 1. The SMILES string of the molecule is CS(=O)(=O)c1ccc(NS(=O)(=O)c2ccc([N+](=O)[O-])cc2)cc1. The van der Waals surface area contributed by atoms with Crippen molar-refractivity contribution < 1.29 is 21.8 Å². The first kappa shape index (κ1) is 16.9. The Morgan fingerprint density at radius 3 is 1.78 bits per heavy atom. The number of hydrogen-bond acceptors (Lipinski definition) is 6. The van der Waals surface area contributed by atoms with Gasteiger partial charge in [0, 0.05) is 24.1 Å². The minimum absolute atomic E-state index is 0.0655. The average Bonchev–Trinajstić information content (AvgIpc) is 2.46. The highest BCUT2D eigenvalue weighted by molar-refractivity contribution is 7.92. The molecule has 0 aliphatic heterocycles. The predicted molar refractivity (Wildman–Crippen MR) is 83.5 cm³/mol. The van der Waals surface area contributed by atoms with Crippen LogP contribution in [0.3, 0.4) is 0 Å². The van der Waals surface area contributed by atoms with E-state index >= 15 is 0 Å². The Labute approximate surface area is 132 Å². The van der Waals surface area contributed by atoms with Gasteiger partial charge < -0.3 is 0 Å². The van der Waals surface area contributed by atoms with Gasteiger partial charge in [0.05, 0.1) is 14.7 Å². The molecular weight excluding hydrogens is 344 g/mol. The van der Waals surface area contributed by atoms with Gasteiger partial charge in [-0.15, -0.1) is 0 Å². The summed E-state index contributed by atoms with van der Waals surface area (Å²) in [6.45, 7) is 0. The van der Waals surface area contributed by atoms with Crippen molar-refractivity contribution in [3.63, 3.8) is 0 Å². The number of sulfone groups is 1. The van der Waals surface area contributed by atoms with E-state index in [1.807, 2.05) is 0 Å². The van der Waals surface area contributed by atoms with Crippen LogP contribution in [0.25, 0.3) is 0 Å². The molecule has 0 amide bonds. The summed E-state index contributed by atoms with van der Waals surface area (Å²) in [5, 5.41) is 10.6. The van der Waals surface area contributed by atoms with Crippen LogP contribution < -0.4 is 4.72 Å². The molecule has 0 atom stereocenters. The summed E-state index contributed by atoms with van der Waals surface area (Å²) in [4.78, 5) is 9.85. The van der Waals surface area contributed by atoms with Crippen molar-refractivity contribution in [2.75, 3.05) is 11.0 Å². The second-order valence-corrected chi connectivity index (χ2v) is 8.35. The molecule has 2 aromatic carbocycles. The number of rotatable bonds is 5. The normalized spacial score (nSPS) is 11.9. The molecular formula is C13H12N2O6S2. The molecule has 0 saturated heterocycles. The molecule has 1 N–H and O–H groups in total. The molecule has 2 rings (SSSR count). The molecule has 0 aliphatic rings. The summed E-state index contributed by atoms with van der Waals surface area (Å²) < 4.78 is 49.3. The second kappa shape index (κ2) is 5.97. The van der Waals surface area contributed by atoms with E-state index < -0.39 is 24.8 Å². The molecule has 0 spiro atoms. The summed E-state index contributed by atoms with van der Waals surface area (Å²) >= 11 is 0. The maximum atomic E-state index is 12.2. The summed E-state index contributed by atoms with van der Waals surface area (Å²) in [7, 11) is -7.30. The van der Waals surface area contributed by atoms with Crippen LogP contribution in [0.1, 0.15) is 0 Å². The molecule has 2 aromatic rings. The number of nitrogens with one attached hydrogen (secondary N) is 1. The number of sulfonamides is 1. The monoisotopic (exact) mass is 356 g/mol. The molecule has 0 fully saturated rings. The average molecular weight is 356 g/mol. The minimum atomic E-state index is -3.93. The van der Waals surface area contributed by atoms with Crippen LogP contribution in [-0.2, 0) is 19.9 Å². The van der Waals surface area contributed by atoms with Gasteiger partial charge in [-0.05, 0) is 36.4 Å². The first-order valence-electron chi connectivity index (χ1n) is 6.17. The fourth-order valence-corrected chi connectivity index (χ4v) is 3.42. The van der Waals surface area contributed by atoms with E-state index in [0.717, 1.165) is 30.5 Å². The lowest BCUT2D eigenvalue weighted by Crippen LogP contribution is -2.13. The number of non-ortho nitro benzene ring substituents is 1. The Hall–Kier alpha value is -2.46. The van der Waals surface area contributed by atoms with E-state index in [9.17, 15) is 26.9 Å². The Morgan fingerprint density at radius 2 is 1.35 bits per heavy atom. The minimum Gasteiger partial charge on any atom is -0.280 e. The van der Waals surface area contributed by atoms with E-state index in [2.05, 4.69) is 4.72 Å². The molecule has 0 bridgehead atoms. The zero-order chi connectivity index (χ0) is 17.3. The summed E-state index contributed by atoms with van der Waals surface area (Å²) in [6.07, 6.45) is 1.04. The second-order valence-electron chi connectivity index (χ2n) is 4.65. The van der Waals surface area contributed by atoms with Gasteiger partial charge >= 0.3 is 0 Å². The van der Waals surface area contributed by atoms with Crippen molar-refractivity contribution in [3.05, 3.63) is 58.6 Å². The number of hydrogen-bond donors (Lipinski definition) is 1. The zero-order valence-electron chi connectivity index (χ0n) is 11.8. The zero-order valence-corrected chi connectivity index (χ0v) is 13.5. The van der Waals surface area contributed by atoms with Gasteiger partial charge in [0.2, 0.25) is 0 Å². The van der Waals surface area contributed by atoms with Crippen molar-refractivity contribution in [3.8, 4) is 0 Å². The molecule has 122 valence electrons. The highest BCUT2D eigenvalue weighted by atomic mass is 32.2. The highest BCUT2D eigenvalue weighted by Gasteiger charge is 2.16. The molecule has 8 nitrogen and oxygen atoms in total. The first-order chi connectivity index (χ1) is 10.6. The molecule has 23 heavy (non-hydrogen) atoms. The van der Waals surface area contributed by atoms with Crippen LogP contribution in [0.4, 0.5) is 11.4 Å². The van der Waals surface area contributed by atoms with E-state index in [-0.39, 0.29) is 21.2 Å². The van der Waals surface area contributed by atoms with Gasteiger partial charge in [0.25, 0.3) is 15.7 Å². The van der Waals surface area contributed by atoms with Gasteiger partial charge in [-0.1, -0.05) is 0 Å². The van der Waals surface area contributed by atoms with Crippen LogP contribution >= 0.6 is 0 Å². The fourth-order valence-electron chi connectivity index (χ4n) is 1.73. The third-order valence-electron chi connectivity index (χ3n) is 2.89. The molecule has 0 radical (unpaired) electrons. The van der Waals surface area contributed by atoms with E-state index in [4.69, 9.17) is 0 Å². The fraction of sp³-hybridized carbons (Fsp3) is 0.0769. The van der Waals surface area contributed by atoms with Crippen molar-refractivity contribution >= 4 is 31.2 Å². The van der Waals surface area contributed by atoms with Crippen molar-refractivity contribution in [2.45, 2.75) is 9.79 Å². The highest BCUT2D eigenvalue weighted by Crippen LogP contribution is 2.20. The molecule has 10 heteroatoms. The number of benzene rings is 2. The van der Waals surface area contributed by atoms with E-state index in [0.29, 0.717) is 0 Å². The largest absolute Gasteiger partial charge is 0.280 e. The van der Waals surface area contributed by atoms with Gasteiger partial charge in [0.15, 0.2) is 9.84 Å². The van der Waals surface area contributed by atoms with Gasteiger partial charge in [-0.25, -0.2) is 16.8 Å². The third-order valence-corrected chi connectivity index (χ3v) is 5.42. The smallest absolute Gasteiger partial charge is 0.269 e. The lowest BCUT2D eigenvalue weighted by atomic mass is 10.3. The van der Waals surface area contributed by atoms with Crippen molar-refractivity contribution in [1.29, 1.82) is 0 Å². The van der Waals surface area contributed by atoms with Gasteiger partial charge in [0.1, 0.15) is 0 Å². The Kier molecular flexibility index (Phi) is 4.39. The number of anilines is 1. The maximum absolute atomic E-state index is 12.2. The lowest BCUT2D eigenvalue weighted by molar-refractivity contribution is -0.384. The quantitative estimate of drug-likeness (QED) is 0.643. The third kappa shape index (κ3) is 4.05. The van der Waals surface area contributed by atoms with Crippen LogP contribution in [-0.4, -0.2) is 28.0 Å². The standard InChI is InChI=1S/C13H12N2O6S2/c1-22(18,19)12-6-2-10(3-7-12)14-23(20,21)13-8-4-11(5-9-13)15(16)17/h2-9,14H,1H3. The molecule has 0 saturated carbocycles. The van der Waals surface area contributed by atoms with Gasteiger partial charge in [-0.2, -0.15) is 0 Å². The summed E-state index contributed by atoms with van der Waals surface area (Å²) in [5.41, 5.74) is -0.0443. The first-order valence-corrected chi connectivity index (χ1v) is 9.54. The van der Waals surface area contributed by atoms with Crippen molar-refractivity contribution in [1.82, 2.24) is 0 Å². The topological polar surface area (TPSA) is 123 Å².